The number of imidazole rings is 1. The fraction of sp³-hybridized carbons (Fsp3) is 0.407. The van der Waals surface area contributed by atoms with E-state index in [9.17, 15) is 4.79 Å². The number of allylic oxidation sites excluding steroid dienone is 2. The molecule has 0 fully saturated rings. The number of carbonyl (C=O) groups excluding carboxylic acids is 1. The zero-order chi connectivity index (χ0) is 22.2. The Kier molecular flexibility index (Phi) is 4.11. The maximum atomic E-state index is 13.2. The predicted molar refractivity (Wildman–Crippen MR) is 129 cm³/mol. The average molecular weight is 427 g/mol. The van der Waals surface area contributed by atoms with Gasteiger partial charge in [0.05, 0.1) is 17.1 Å². The summed E-state index contributed by atoms with van der Waals surface area (Å²) < 4.78 is 2.24. The summed E-state index contributed by atoms with van der Waals surface area (Å²) in [6, 6.07) is 14.9. The molecular weight excluding hydrogens is 396 g/mol. The number of hydrogen-bond acceptors (Lipinski definition) is 4. The number of nitrogens with one attached hydrogen (secondary N) is 1. The molecule has 0 spiro atoms. The molecular formula is C27H30N4O. The molecule has 1 aromatic heterocycles. The number of fused-ring (bicyclic) bond motifs is 4. The van der Waals surface area contributed by atoms with Crippen molar-refractivity contribution in [2.45, 2.75) is 64.0 Å². The standard InChI is InChI=1S/C27H30N4O/c1-16-15-27(2,3)30(4)21-13-12-17(14-18(16)21)25-24-20(9-7-11-23(24)32)29-26-28-19-8-5-6-10-22(19)31(25)26/h5-6,8,10,12-14,16,25H,7,9,11,15H2,1-4H3,(H,28,29)/t16-,25-/m1/s1. The summed E-state index contributed by atoms with van der Waals surface area (Å²) in [7, 11) is 2.20. The zero-order valence-corrected chi connectivity index (χ0v) is 19.3. The molecule has 1 N–H and O–H groups in total. The molecule has 0 radical (unpaired) electrons. The fourth-order valence-electron chi connectivity index (χ4n) is 6.05. The lowest BCUT2D eigenvalue weighted by Crippen LogP contribution is -2.45. The zero-order valence-electron chi connectivity index (χ0n) is 19.3. The highest BCUT2D eigenvalue weighted by atomic mass is 16.1. The van der Waals surface area contributed by atoms with Crippen molar-refractivity contribution in [2.75, 3.05) is 17.3 Å². The fourth-order valence-corrected chi connectivity index (χ4v) is 6.05. The van der Waals surface area contributed by atoms with Crippen molar-refractivity contribution >= 4 is 28.5 Å². The monoisotopic (exact) mass is 426 g/mol. The molecule has 32 heavy (non-hydrogen) atoms. The number of para-hydroxylation sites is 2. The molecule has 5 heteroatoms. The first-order chi connectivity index (χ1) is 15.3. The van der Waals surface area contributed by atoms with E-state index >= 15 is 0 Å². The van der Waals surface area contributed by atoms with Crippen LogP contribution in [0.2, 0.25) is 0 Å². The summed E-state index contributed by atoms with van der Waals surface area (Å²) in [6.45, 7) is 6.96. The molecule has 164 valence electrons. The minimum Gasteiger partial charge on any atom is -0.369 e. The highest BCUT2D eigenvalue weighted by Gasteiger charge is 2.39. The Hall–Kier alpha value is -3.08. The second-order valence-electron chi connectivity index (χ2n) is 10.3. The van der Waals surface area contributed by atoms with E-state index in [1.807, 2.05) is 18.2 Å². The molecule has 2 aromatic carbocycles. The summed E-state index contributed by atoms with van der Waals surface area (Å²) in [5.74, 6) is 1.57. The van der Waals surface area contributed by atoms with Gasteiger partial charge in [-0.1, -0.05) is 31.2 Å². The Labute approximate surface area is 189 Å². The second kappa shape index (κ2) is 6.71. The van der Waals surface area contributed by atoms with E-state index in [-0.39, 0.29) is 17.4 Å². The maximum absolute atomic E-state index is 13.2. The molecule has 3 aromatic rings. The number of hydrogen-bond donors (Lipinski definition) is 1. The maximum Gasteiger partial charge on any atom is 0.209 e. The van der Waals surface area contributed by atoms with Crippen molar-refractivity contribution in [1.82, 2.24) is 9.55 Å². The number of anilines is 2. The molecule has 6 rings (SSSR count). The number of aromatic nitrogens is 2. The lowest BCUT2D eigenvalue weighted by atomic mass is 9.78. The van der Waals surface area contributed by atoms with Crippen molar-refractivity contribution in [3.05, 3.63) is 64.9 Å². The lowest BCUT2D eigenvalue weighted by molar-refractivity contribution is -0.116. The van der Waals surface area contributed by atoms with Gasteiger partial charge < -0.3 is 10.2 Å². The van der Waals surface area contributed by atoms with Crippen LogP contribution in [0.3, 0.4) is 0 Å². The number of ketones is 1. The van der Waals surface area contributed by atoms with Crippen LogP contribution in [-0.2, 0) is 4.79 Å². The Bertz CT molecular complexity index is 1300. The highest BCUT2D eigenvalue weighted by Crippen LogP contribution is 2.47. The van der Waals surface area contributed by atoms with E-state index in [1.165, 1.54) is 16.8 Å². The third-order valence-corrected chi connectivity index (χ3v) is 7.82. The third-order valence-electron chi connectivity index (χ3n) is 7.82. The second-order valence-corrected chi connectivity index (χ2v) is 10.3. The lowest BCUT2D eigenvalue weighted by Gasteiger charge is -2.45. The molecule has 0 saturated carbocycles. The number of rotatable bonds is 1. The smallest absolute Gasteiger partial charge is 0.209 e. The minimum absolute atomic E-state index is 0.130. The Morgan fingerprint density at radius 1 is 1.12 bits per heavy atom. The molecule has 0 amide bonds. The van der Waals surface area contributed by atoms with Crippen LogP contribution < -0.4 is 10.2 Å². The van der Waals surface area contributed by atoms with E-state index < -0.39 is 0 Å². The van der Waals surface area contributed by atoms with Crippen LogP contribution >= 0.6 is 0 Å². The minimum atomic E-state index is -0.140. The number of Topliss-reactive ketones (excluding diaryl/α,β-unsaturated/α-hetero) is 1. The van der Waals surface area contributed by atoms with Gasteiger partial charge >= 0.3 is 0 Å². The molecule has 0 unspecified atom stereocenters. The number of benzene rings is 2. The number of carbonyl (C=O) groups is 1. The topological polar surface area (TPSA) is 50.2 Å². The van der Waals surface area contributed by atoms with E-state index in [4.69, 9.17) is 4.98 Å². The van der Waals surface area contributed by atoms with Crippen LogP contribution in [-0.4, -0.2) is 27.9 Å². The molecule has 3 aliphatic rings. The first-order valence-electron chi connectivity index (χ1n) is 11.7. The molecule has 3 heterocycles. The average Bonchev–Trinajstić information content (AvgIpc) is 3.14. The third kappa shape index (κ3) is 2.70. The van der Waals surface area contributed by atoms with Crippen LogP contribution in [0.1, 0.15) is 69.5 Å². The molecule has 2 atom stereocenters. The van der Waals surface area contributed by atoms with Crippen molar-refractivity contribution < 1.29 is 4.79 Å². The highest BCUT2D eigenvalue weighted by molar-refractivity contribution is 6.00. The van der Waals surface area contributed by atoms with Crippen molar-refractivity contribution in [1.29, 1.82) is 0 Å². The quantitative estimate of drug-likeness (QED) is 0.536. The summed E-state index contributed by atoms with van der Waals surface area (Å²) in [5.41, 5.74) is 7.98. The molecule has 1 aliphatic carbocycles. The van der Waals surface area contributed by atoms with E-state index in [0.717, 1.165) is 47.5 Å². The Morgan fingerprint density at radius 2 is 1.94 bits per heavy atom. The van der Waals surface area contributed by atoms with Crippen LogP contribution in [0.4, 0.5) is 11.6 Å². The van der Waals surface area contributed by atoms with Crippen LogP contribution in [0.5, 0.6) is 0 Å². The Morgan fingerprint density at radius 3 is 2.78 bits per heavy atom. The number of nitrogens with zero attached hydrogens (tertiary/aromatic N) is 3. The van der Waals surface area contributed by atoms with Gasteiger partial charge in [0, 0.05) is 36.0 Å². The van der Waals surface area contributed by atoms with Crippen molar-refractivity contribution in [2.24, 2.45) is 0 Å². The van der Waals surface area contributed by atoms with Gasteiger partial charge in [-0.2, -0.15) is 0 Å². The summed E-state index contributed by atoms with van der Waals surface area (Å²) in [4.78, 5) is 20.5. The summed E-state index contributed by atoms with van der Waals surface area (Å²) in [6.07, 6.45) is 3.54. The largest absolute Gasteiger partial charge is 0.369 e. The first kappa shape index (κ1) is 19.6. The van der Waals surface area contributed by atoms with Gasteiger partial charge in [-0.3, -0.25) is 9.36 Å². The van der Waals surface area contributed by atoms with Gasteiger partial charge in [-0.05, 0) is 68.4 Å². The van der Waals surface area contributed by atoms with Crippen LogP contribution in [0.15, 0.2) is 53.7 Å². The molecule has 0 bridgehead atoms. The molecule has 0 saturated heterocycles. The van der Waals surface area contributed by atoms with Gasteiger partial charge in [-0.25, -0.2) is 4.98 Å². The van der Waals surface area contributed by atoms with Gasteiger partial charge in [0.15, 0.2) is 5.78 Å². The SMILES string of the molecule is C[C@@H]1CC(C)(C)N(C)c2ccc([C@@H]3C4=C(CCCC4=O)Nc4nc5ccccc5n43)cc21. The van der Waals surface area contributed by atoms with Gasteiger partial charge in [-0.15, -0.1) is 0 Å². The van der Waals surface area contributed by atoms with E-state index in [1.54, 1.807) is 0 Å². The van der Waals surface area contributed by atoms with Crippen LogP contribution in [0, 0.1) is 0 Å². The van der Waals surface area contributed by atoms with E-state index in [0.29, 0.717) is 12.3 Å². The predicted octanol–water partition coefficient (Wildman–Crippen LogP) is 5.78. The Balaban J connectivity index is 1.58. The van der Waals surface area contributed by atoms with Crippen molar-refractivity contribution in [3.63, 3.8) is 0 Å². The summed E-state index contributed by atoms with van der Waals surface area (Å²) in [5, 5.41) is 3.51. The van der Waals surface area contributed by atoms with Crippen molar-refractivity contribution in [3.8, 4) is 0 Å². The van der Waals surface area contributed by atoms with Gasteiger partial charge in [0.25, 0.3) is 0 Å². The molecule has 5 nitrogen and oxygen atoms in total. The van der Waals surface area contributed by atoms with Crippen LogP contribution in [0.25, 0.3) is 11.0 Å². The van der Waals surface area contributed by atoms with Gasteiger partial charge in [0.2, 0.25) is 5.95 Å². The van der Waals surface area contributed by atoms with Gasteiger partial charge in [0.1, 0.15) is 0 Å². The molecule has 2 aliphatic heterocycles. The normalized spacial score (nSPS) is 24.1. The van der Waals surface area contributed by atoms with E-state index in [2.05, 4.69) is 66.9 Å². The first-order valence-corrected chi connectivity index (χ1v) is 11.7. The summed E-state index contributed by atoms with van der Waals surface area (Å²) >= 11 is 0.